The van der Waals surface area contributed by atoms with Crippen LogP contribution >= 0.6 is 11.3 Å². The van der Waals surface area contributed by atoms with E-state index in [0.29, 0.717) is 0 Å². The molecule has 0 amide bonds. The minimum atomic E-state index is -0.868. The number of piperidine rings is 1. The molecule has 94 valence electrons. The summed E-state index contributed by atoms with van der Waals surface area (Å²) in [4.78, 5) is 3.73. The molecule has 3 rings (SSSR count). The van der Waals surface area contributed by atoms with Crippen LogP contribution in [0.15, 0.2) is 11.4 Å². The number of nitrogens with zero attached hydrogens (tertiary/aromatic N) is 2. The van der Waals surface area contributed by atoms with Gasteiger partial charge in [0.2, 0.25) is 0 Å². The number of fused-ring (bicyclic) bond motifs is 2. The molecule has 3 nitrogen and oxygen atoms in total. The minimum Gasteiger partial charge on any atom is -0.306 e. The molecule has 0 saturated carbocycles. The van der Waals surface area contributed by atoms with Crippen LogP contribution in [0.4, 0.5) is 0 Å². The Kier molecular flexibility index (Phi) is 2.89. The van der Waals surface area contributed by atoms with E-state index >= 15 is 0 Å². The molecule has 1 unspecified atom stereocenters. The van der Waals surface area contributed by atoms with Crippen molar-refractivity contribution in [2.75, 3.05) is 27.2 Å². The summed E-state index contributed by atoms with van der Waals surface area (Å²) < 4.78 is 14.6. The highest BCUT2D eigenvalue weighted by Gasteiger charge is 2.47. The average Bonchev–Trinajstić information content (AvgIpc) is 2.78. The molecule has 17 heavy (non-hydrogen) atoms. The van der Waals surface area contributed by atoms with Crippen molar-refractivity contribution in [2.24, 2.45) is 0 Å². The van der Waals surface area contributed by atoms with Crippen molar-refractivity contribution in [1.82, 2.24) is 9.21 Å². The lowest BCUT2D eigenvalue weighted by Gasteiger charge is -2.44. The molecule has 5 heteroatoms. The third-order valence-electron chi connectivity index (χ3n) is 3.97. The van der Waals surface area contributed by atoms with E-state index in [2.05, 4.69) is 23.4 Å². The normalized spacial score (nSPS) is 29.4. The highest BCUT2D eigenvalue weighted by Crippen LogP contribution is 2.46. The van der Waals surface area contributed by atoms with Crippen LogP contribution in [-0.2, 0) is 22.3 Å². The second-order valence-electron chi connectivity index (χ2n) is 5.11. The lowest BCUT2D eigenvalue weighted by Crippen LogP contribution is -2.50. The molecule has 1 spiro atoms. The summed E-state index contributed by atoms with van der Waals surface area (Å²) in [5, 5.41) is 2.15. The quantitative estimate of drug-likeness (QED) is 0.717. The number of rotatable bonds is 0. The number of hydrogen-bond donors (Lipinski definition) is 0. The lowest BCUT2D eigenvalue weighted by molar-refractivity contribution is 0.230. The van der Waals surface area contributed by atoms with Gasteiger partial charge in [0.25, 0.3) is 0 Å². The fourth-order valence-corrected chi connectivity index (χ4v) is 6.02. The second-order valence-corrected chi connectivity index (χ2v) is 7.93. The molecule has 1 atom stereocenters. The zero-order chi connectivity index (χ0) is 12.0. The smallest absolute Gasteiger partial charge is 0.106 e. The van der Waals surface area contributed by atoms with E-state index in [0.717, 1.165) is 32.5 Å². The first-order valence-electron chi connectivity index (χ1n) is 6.02. The molecular formula is C12H18N2OS2. The van der Waals surface area contributed by atoms with Gasteiger partial charge in [-0.1, -0.05) is 0 Å². The lowest BCUT2D eigenvalue weighted by atomic mass is 9.92. The molecule has 3 heterocycles. The average molecular weight is 270 g/mol. The Morgan fingerprint density at radius 3 is 2.76 bits per heavy atom. The van der Waals surface area contributed by atoms with Crippen molar-refractivity contribution >= 4 is 22.3 Å². The van der Waals surface area contributed by atoms with Gasteiger partial charge >= 0.3 is 0 Å². The largest absolute Gasteiger partial charge is 0.306 e. The molecule has 1 aromatic heterocycles. The van der Waals surface area contributed by atoms with Crippen LogP contribution in [0.3, 0.4) is 0 Å². The summed E-state index contributed by atoms with van der Waals surface area (Å²) in [5.74, 6) is 0. The van der Waals surface area contributed by atoms with E-state index in [9.17, 15) is 4.21 Å². The molecule has 2 aliphatic heterocycles. The van der Waals surface area contributed by atoms with Gasteiger partial charge in [-0.05, 0) is 50.0 Å². The standard InChI is InChI=1S/C12H18N2OS2/c1-13-6-4-12(5-7-13)11-10(3-8-16-11)9-14(2)17(12)15/h3,8H,4-7,9H2,1-2H3. The summed E-state index contributed by atoms with van der Waals surface area (Å²) in [6.45, 7) is 2.94. The molecule has 1 fully saturated rings. The Balaban J connectivity index is 2.05. The number of hydrogen-bond acceptors (Lipinski definition) is 3. The molecule has 2 aliphatic rings. The molecule has 0 N–H and O–H groups in total. The second kappa shape index (κ2) is 4.16. The summed E-state index contributed by atoms with van der Waals surface area (Å²) in [5.41, 5.74) is 1.39. The van der Waals surface area contributed by atoms with Crippen molar-refractivity contribution in [3.05, 3.63) is 21.9 Å². The van der Waals surface area contributed by atoms with E-state index < -0.39 is 11.0 Å². The van der Waals surface area contributed by atoms with Crippen LogP contribution in [0, 0.1) is 0 Å². The van der Waals surface area contributed by atoms with E-state index in [1.165, 1.54) is 10.4 Å². The fraction of sp³-hybridized carbons (Fsp3) is 0.667. The predicted octanol–water partition coefficient (Wildman–Crippen LogP) is 1.78. The van der Waals surface area contributed by atoms with Gasteiger partial charge in [0.05, 0.1) is 4.75 Å². The minimum absolute atomic E-state index is 0.0942. The number of likely N-dealkylation sites (tertiary alicyclic amines) is 1. The first-order chi connectivity index (χ1) is 8.13. The Labute approximate surface area is 109 Å². The fourth-order valence-electron chi connectivity index (χ4n) is 2.92. The highest BCUT2D eigenvalue weighted by atomic mass is 32.2. The van der Waals surface area contributed by atoms with Crippen molar-refractivity contribution in [3.63, 3.8) is 0 Å². The van der Waals surface area contributed by atoms with Crippen LogP contribution in [-0.4, -0.2) is 40.6 Å². The topological polar surface area (TPSA) is 23.6 Å². The first-order valence-corrected chi connectivity index (χ1v) is 8.01. The summed E-state index contributed by atoms with van der Waals surface area (Å²) in [7, 11) is 3.27. The van der Waals surface area contributed by atoms with E-state index in [1.807, 2.05) is 11.4 Å². The van der Waals surface area contributed by atoms with E-state index in [4.69, 9.17) is 0 Å². The monoisotopic (exact) mass is 270 g/mol. The maximum absolute atomic E-state index is 12.7. The number of thiophene rings is 1. The van der Waals surface area contributed by atoms with E-state index in [-0.39, 0.29) is 4.75 Å². The molecule has 0 bridgehead atoms. The molecule has 1 saturated heterocycles. The van der Waals surface area contributed by atoms with Crippen LogP contribution < -0.4 is 0 Å². The van der Waals surface area contributed by atoms with Gasteiger partial charge in [0.15, 0.2) is 0 Å². The SMILES string of the molecule is CN1CCC2(CC1)c1sccc1CN(C)S2=O. The molecule has 1 aromatic rings. The van der Waals surface area contributed by atoms with Gasteiger partial charge in [-0.15, -0.1) is 11.3 Å². The van der Waals surface area contributed by atoms with Crippen LogP contribution in [0.5, 0.6) is 0 Å². The first kappa shape index (κ1) is 11.8. The van der Waals surface area contributed by atoms with Gasteiger partial charge in [-0.25, -0.2) is 8.51 Å². The highest BCUT2D eigenvalue weighted by molar-refractivity contribution is 7.83. The van der Waals surface area contributed by atoms with Gasteiger partial charge < -0.3 is 4.90 Å². The van der Waals surface area contributed by atoms with Gasteiger partial charge in [-0.3, -0.25) is 0 Å². The Hall–Kier alpha value is -0.230. The molecule has 0 aromatic carbocycles. The molecule has 0 aliphatic carbocycles. The predicted molar refractivity (Wildman–Crippen MR) is 72.3 cm³/mol. The van der Waals surface area contributed by atoms with Crippen LogP contribution in [0.1, 0.15) is 23.3 Å². The van der Waals surface area contributed by atoms with Crippen molar-refractivity contribution in [3.8, 4) is 0 Å². The zero-order valence-electron chi connectivity index (χ0n) is 10.3. The Bertz CT molecular complexity index is 449. The zero-order valence-corrected chi connectivity index (χ0v) is 11.9. The van der Waals surface area contributed by atoms with Crippen molar-refractivity contribution in [2.45, 2.75) is 24.1 Å². The van der Waals surface area contributed by atoms with Gasteiger partial charge in [-0.2, -0.15) is 0 Å². The maximum Gasteiger partial charge on any atom is 0.106 e. The van der Waals surface area contributed by atoms with Crippen LogP contribution in [0.25, 0.3) is 0 Å². The van der Waals surface area contributed by atoms with Crippen LogP contribution in [0.2, 0.25) is 0 Å². The molecule has 0 radical (unpaired) electrons. The maximum atomic E-state index is 12.7. The van der Waals surface area contributed by atoms with Crippen molar-refractivity contribution in [1.29, 1.82) is 0 Å². The van der Waals surface area contributed by atoms with Gasteiger partial charge in [0, 0.05) is 18.5 Å². The summed E-state index contributed by atoms with van der Waals surface area (Å²) in [6.07, 6.45) is 2.04. The molecular weight excluding hydrogens is 252 g/mol. The Morgan fingerprint density at radius 1 is 1.35 bits per heavy atom. The third kappa shape index (κ3) is 1.71. The van der Waals surface area contributed by atoms with Gasteiger partial charge in [0.1, 0.15) is 11.0 Å². The van der Waals surface area contributed by atoms with Crippen molar-refractivity contribution < 1.29 is 4.21 Å². The Morgan fingerprint density at radius 2 is 2.06 bits per heavy atom. The van der Waals surface area contributed by atoms with E-state index in [1.54, 1.807) is 11.3 Å². The summed E-state index contributed by atoms with van der Waals surface area (Å²) in [6, 6.07) is 2.20. The summed E-state index contributed by atoms with van der Waals surface area (Å²) >= 11 is 1.80. The third-order valence-corrected chi connectivity index (χ3v) is 7.23.